The lowest BCUT2D eigenvalue weighted by Crippen LogP contribution is -2.42. The van der Waals surface area contributed by atoms with Crippen LogP contribution in [0.1, 0.15) is 13.3 Å². The molecule has 0 saturated heterocycles. The first kappa shape index (κ1) is 17.8. The van der Waals surface area contributed by atoms with Gasteiger partial charge in [-0.1, -0.05) is 5.23 Å². The monoisotopic (exact) mass is 263 g/mol. The van der Waals surface area contributed by atoms with E-state index in [0.717, 1.165) is 19.5 Å². The lowest BCUT2D eigenvalue weighted by Gasteiger charge is -2.30. The van der Waals surface area contributed by atoms with Crippen molar-refractivity contribution in [1.82, 2.24) is 15.0 Å². The Kier molecular flexibility index (Phi) is 10.5. The molecule has 0 saturated carbocycles. The number of aliphatic hydroxyl groups is 1. The highest BCUT2D eigenvalue weighted by molar-refractivity contribution is 4.69. The molecule has 0 aliphatic heterocycles. The number of hydrogen-bond acceptors (Lipinski definition) is 6. The number of likely N-dealkylation sites (N-methyl/N-ethyl adjacent to an activating group) is 1. The molecular formula is C12H29N3O3. The van der Waals surface area contributed by atoms with Gasteiger partial charge in [0.25, 0.3) is 0 Å². The summed E-state index contributed by atoms with van der Waals surface area (Å²) in [7, 11) is 7.30. The maximum absolute atomic E-state index is 9.11. The predicted molar refractivity (Wildman–Crippen MR) is 72.0 cm³/mol. The SMILES string of the molecule is CON(CCCN(CCO)C(C)CN(C)C)OC. The van der Waals surface area contributed by atoms with E-state index >= 15 is 0 Å². The van der Waals surface area contributed by atoms with Crippen LogP contribution in [0, 0.1) is 0 Å². The first-order valence-electron chi connectivity index (χ1n) is 6.40. The molecule has 0 aliphatic rings. The van der Waals surface area contributed by atoms with Gasteiger partial charge in [-0.05, 0) is 34.0 Å². The van der Waals surface area contributed by atoms with E-state index in [0.29, 0.717) is 19.1 Å². The van der Waals surface area contributed by atoms with Crippen molar-refractivity contribution in [3.63, 3.8) is 0 Å². The second-order valence-corrected chi connectivity index (χ2v) is 4.65. The summed E-state index contributed by atoms with van der Waals surface area (Å²) in [5.74, 6) is 0. The summed E-state index contributed by atoms with van der Waals surface area (Å²) in [5, 5.41) is 10.6. The van der Waals surface area contributed by atoms with Crippen molar-refractivity contribution in [3.8, 4) is 0 Å². The molecule has 0 heterocycles. The van der Waals surface area contributed by atoms with E-state index in [1.54, 1.807) is 14.2 Å². The van der Waals surface area contributed by atoms with Gasteiger partial charge in [0.1, 0.15) is 0 Å². The van der Waals surface area contributed by atoms with Crippen LogP contribution in [0.15, 0.2) is 0 Å². The maximum Gasteiger partial charge on any atom is 0.0601 e. The fourth-order valence-corrected chi connectivity index (χ4v) is 1.98. The standard InChI is InChI=1S/C12H29N3O3/c1-12(11-13(2)3)14(9-10-16)7-6-8-15(17-4)18-5/h12,16H,6-11H2,1-5H3. The third kappa shape index (κ3) is 7.97. The van der Waals surface area contributed by atoms with Crippen molar-refractivity contribution in [2.75, 3.05) is 61.1 Å². The Morgan fingerprint density at radius 1 is 1.06 bits per heavy atom. The second kappa shape index (κ2) is 10.7. The second-order valence-electron chi connectivity index (χ2n) is 4.65. The summed E-state index contributed by atoms with van der Waals surface area (Å²) in [6, 6.07) is 0.422. The van der Waals surface area contributed by atoms with Crippen molar-refractivity contribution in [2.45, 2.75) is 19.4 Å². The van der Waals surface area contributed by atoms with Crippen molar-refractivity contribution in [2.24, 2.45) is 0 Å². The summed E-state index contributed by atoms with van der Waals surface area (Å²) in [5.41, 5.74) is 0. The maximum atomic E-state index is 9.11. The summed E-state index contributed by atoms with van der Waals surface area (Å²) in [4.78, 5) is 14.4. The van der Waals surface area contributed by atoms with Gasteiger partial charge in [-0.3, -0.25) is 14.6 Å². The fraction of sp³-hybridized carbons (Fsp3) is 1.00. The van der Waals surface area contributed by atoms with Crippen LogP contribution in [0.5, 0.6) is 0 Å². The summed E-state index contributed by atoms with van der Waals surface area (Å²) >= 11 is 0. The van der Waals surface area contributed by atoms with Crippen LogP contribution in [0.25, 0.3) is 0 Å². The predicted octanol–water partition coefficient (Wildman–Crippen LogP) is 0.0457. The Morgan fingerprint density at radius 3 is 2.11 bits per heavy atom. The zero-order valence-corrected chi connectivity index (χ0v) is 12.4. The highest BCUT2D eigenvalue weighted by Crippen LogP contribution is 2.03. The summed E-state index contributed by atoms with van der Waals surface area (Å²) in [6.45, 7) is 5.69. The van der Waals surface area contributed by atoms with Crippen molar-refractivity contribution < 1.29 is 14.8 Å². The Morgan fingerprint density at radius 2 is 1.67 bits per heavy atom. The Balaban J connectivity index is 4.02. The molecule has 0 radical (unpaired) electrons. The molecule has 0 amide bonds. The lowest BCUT2D eigenvalue weighted by molar-refractivity contribution is -0.342. The minimum Gasteiger partial charge on any atom is -0.395 e. The van der Waals surface area contributed by atoms with Gasteiger partial charge >= 0.3 is 0 Å². The molecular weight excluding hydrogens is 234 g/mol. The quantitative estimate of drug-likeness (QED) is 0.531. The molecule has 0 fully saturated rings. The zero-order valence-electron chi connectivity index (χ0n) is 12.4. The van der Waals surface area contributed by atoms with Gasteiger partial charge in [0.2, 0.25) is 0 Å². The molecule has 0 aliphatic carbocycles. The van der Waals surface area contributed by atoms with Crippen molar-refractivity contribution in [3.05, 3.63) is 0 Å². The number of nitrogens with zero attached hydrogens (tertiary/aromatic N) is 3. The van der Waals surface area contributed by atoms with Crippen LogP contribution in [0.4, 0.5) is 0 Å². The van der Waals surface area contributed by atoms with Crippen LogP contribution in [0.3, 0.4) is 0 Å². The van der Waals surface area contributed by atoms with Gasteiger partial charge in [0, 0.05) is 19.1 Å². The van der Waals surface area contributed by atoms with Crippen LogP contribution in [-0.4, -0.2) is 87.3 Å². The first-order valence-corrected chi connectivity index (χ1v) is 6.40. The molecule has 0 aromatic rings. The molecule has 18 heavy (non-hydrogen) atoms. The smallest absolute Gasteiger partial charge is 0.0601 e. The molecule has 1 atom stereocenters. The molecule has 110 valence electrons. The average molecular weight is 263 g/mol. The molecule has 0 aromatic heterocycles. The Labute approximate surface area is 111 Å². The van der Waals surface area contributed by atoms with Crippen LogP contribution < -0.4 is 0 Å². The van der Waals surface area contributed by atoms with Gasteiger partial charge < -0.3 is 10.0 Å². The summed E-state index contributed by atoms with van der Waals surface area (Å²) < 4.78 is 0. The van der Waals surface area contributed by atoms with Gasteiger partial charge in [-0.2, -0.15) is 0 Å². The third-order valence-electron chi connectivity index (χ3n) is 2.83. The highest BCUT2D eigenvalue weighted by Gasteiger charge is 2.14. The highest BCUT2D eigenvalue weighted by atomic mass is 16.9. The van der Waals surface area contributed by atoms with E-state index in [-0.39, 0.29) is 6.61 Å². The number of aliphatic hydroxyl groups excluding tert-OH is 1. The fourth-order valence-electron chi connectivity index (χ4n) is 1.98. The molecule has 0 aromatic carbocycles. The van der Waals surface area contributed by atoms with Gasteiger partial charge in [-0.15, -0.1) is 0 Å². The first-order chi connectivity index (χ1) is 8.54. The van der Waals surface area contributed by atoms with Crippen LogP contribution in [-0.2, 0) is 9.68 Å². The molecule has 6 heteroatoms. The molecule has 0 rings (SSSR count). The minimum absolute atomic E-state index is 0.191. The third-order valence-corrected chi connectivity index (χ3v) is 2.83. The minimum atomic E-state index is 0.191. The largest absolute Gasteiger partial charge is 0.395 e. The normalized spacial score (nSPS) is 13.8. The summed E-state index contributed by atoms with van der Waals surface area (Å²) in [6.07, 6.45) is 0.930. The van der Waals surface area contributed by atoms with Gasteiger partial charge in [-0.25, -0.2) is 0 Å². The van der Waals surface area contributed by atoms with Gasteiger partial charge in [0.05, 0.1) is 27.4 Å². The Hall–Kier alpha value is -0.240. The molecule has 1 unspecified atom stereocenters. The Bertz CT molecular complexity index is 189. The number of hydrogen-bond donors (Lipinski definition) is 1. The number of rotatable bonds is 11. The van der Waals surface area contributed by atoms with Crippen molar-refractivity contribution >= 4 is 0 Å². The molecule has 6 nitrogen and oxygen atoms in total. The number of hydroxylamine groups is 2. The topological polar surface area (TPSA) is 48.4 Å². The van der Waals surface area contributed by atoms with E-state index in [9.17, 15) is 0 Å². The molecule has 1 N–H and O–H groups in total. The van der Waals surface area contributed by atoms with Crippen LogP contribution in [0.2, 0.25) is 0 Å². The average Bonchev–Trinajstić information content (AvgIpc) is 2.32. The van der Waals surface area contributed by atoms with Crippen molar-refractivity contribution in [1.29, 1.82) is 0 Å². The van der Waals surface area contributed by atoms with Crippen LogP contribution >= 0.6 is 0 Å². The van der Waals surface area contributed by atoms with Gasteiger partial charge in [0.15, 0.2) is 0 Å². The van der Waals surface area contributed by atoms with E-state index in [1.807, 2.05) is 0 Å². The molecule has 0 spiro atoms. The van der Waals surface area contributed by atoms with E-state index in [4.69, 9.17) is 14.8 Å². The molecule has 0 bridgehead atoms. The zero-order chi connectivity index (χ0) is 14.0. The van der Waals surface area contributed by atoms with E-state index in [2.05, 4.69) is 30.8 Å². The lowest BCUT2D eigenvalue weighted by atomic mass is 10.2. The van der Waals surface area contributed by atoms with E-state index < -0.39 is 0 Å². The van der Waals surface area contributed by atoms with E-state index in [1.165, 1.54) is 5.23 Å².